The smallest absolute Gasteiger partial charge is 0.329 e. The number of hydroxylamine groups is 1. The summed E-state index contributed by atoms with van der Waals surface area (Å²) >= 11 is 0. The molecule has 4 rings (SSSR count). The van der Waals surface area contributed by atoms with E-state index in [-0.39, 0.29) is 17.1 Å². The molecule has 9 nitrogen and oxygen atoms in total. The molecule has 0 spiro atoms. The molecule has 1 aromatic heterocycles. The maximum Gasteiger partial charge on any atom is 0.329 e. The highest BCUT2D eigenvalue weighted by atomic mass is 16.7. The van der Waals surface area contributed by atoms with E-state index < -0.39 is 23.5 Å². The average Bonchev–Trinajstić information content (AvgIpc) is 2.90. The summed E-state index contributed by atoms with van der Waals surface area (Å²) < 4.78 is 0. The van der Waals surface area contributed by atoms with Crippen LogP contribution in [0.1, 0.15) is 60.7 Å². The summed E-state index contributed by atoms with van der Waals surface area (Å²) in [4.78, 5) is 38.8. The molecule has 1 aromatic carbocycles. The van der Waals surface area contributed by atoms with Gasteiger partial charge in [-0.1, -0.05) is 48.6 Å². The number of aliphatic hydroxyl groups is 1. The summed E-state index contributed by atoms with van der Waals surface area (Å²) in [7, 11) is 0. The molecule has 2 atom stereocenters. The second-order valence-electron chi connectivity index (χ2n) is 9.81. The molecule has 2 aromatic rings. The number of likely N-dealkylation sites (tertiary alicyclic amines) is 1. The molecule has 0 radical (unpaired) electrons. The maximum atomic E-state index is 12.3. The van der Waals surface area contributed by atoms with Gasteiger partial charge in [0, 0.05) is 13.3 Å². The second-order valence-corrected chi connectivity index (χ2v) is 9.81. The molecule has 1 aliphatic carbocycles. The number of hydrogen-bond acceptors (Lipinski definition) is 8. The van der Waals surface area contributed by atoms with Crippen LogP contribution in [0.5, 0.6) is 5.75 Å². The number of allylic oxidation sites excluding steroid dienone is 2. The van der Waals surface area contributed by atoms with Gasteiger partial charge in [0.1, 0.15) is 5.82 Å². The van der Waals surface area contributed by atoms with Gasteiger partial charge in [-0.2, -0.15) is 5.48 Å². The standard InChI is InChI=1S/C28H34N4O5/c1-18-26(35)25(27(36)31-37-20(3)34)30-24(29-18)17-21-11-15-32(16-12-21)28(19(2)33)13-9-23(10-14-28)22-7-5-4-6-8-22/h4-10,13,19,21,33,35H,11-12,14-17H2,1-3H3,(H,31,36). The van der Waals surface area contributed by atoms with Gasteiger partial charge in [0.15, 0.2) is 11.4 Å². The van der Waals surface area contributed by atoms with Gasteiger partial charge < -0.3 is 15.1 Å². The van der Waals surface area contributed by atoms with Gasteiger partial charge in [-0.05, 0) is 63.3 Å². The van der Waals surface area contributed by atoms with E-state index in [1.54, 1.807) is 6.92 Å². The highest BCUT2D eigenvalue weighted by Gasteiger charge is 2.41. The van der Waals surface area contributed by atoms with Crippen molar-refractivity contribution in [3.8, 4) is 5.75 Å². The first-order valence-electron chi connectivity index (χ1n) is 12.6. The van der Waals surface area contributed by atoms with Crippen molar-refractivity contribution in [2.24, 2.45) is 5.92 Å². The lowest BCUT2D eigenvalue weighted by atomic mass is 9.79. The normalized spacial score (nSPS) is 21.2. The summed E-state index contributed by atoms with van der Waals surface area (Å²) in [6.45, 7) is 6.24. The molecule has 0 bridgehead atoms. The number of nitrogens with zero attached hydrogens (tertiary/aromatic N) is 3. The Labute approximate surface area is 216 Å². The van der Waals surface area contributed by atoms with Crippen LogP contribution in [0.4, 0.5) is 0 Å². The van der Waals surface area contributed by atoms with Crippen LogP contribution in [0, 0.1) is 12.8 Å². The number of carbonyl (C=O) groups is 2. The Hall–Kier alpha value is -3.56. The van der Waals surface area contributed by atoms with Gasteiger partial charge >= 0.3 is 11.9 Å². The van der Waals surface area contributed by atoms with Crippen LogP contribution in [0.3, 0.4) is 0 Å². The Balaban J connectivity index is 1.41. The lowest BCUT2D eigenvalue weighted by Gasteiger charge is -2.48. The molecule has 1 saturated heterocycles. The van der Waals surface area contributed by atoms with E-state index >= 15 is 0 Å². The Morgan fingerprint density at radius 2 is 1.92 bits per heavy atom. The number of benzene rings is 1. The Morgan fingerprint density at radius 1 is 1.22 bits per heavy atom. The van der Waals surface area contributed by atoms with E-state index in [0.29, 0.717) is 18.2 Å². The number of aliphatic hydroxyl groups excluding tert-OH is 1. The van der Waals surface area contributed by atoms with Crippen LogP contribution in [-0.4, -0.2) is 61.7 Å². The topological polar surface area (TPSA) is 125 Å². The lowest BCUT2D eigenvalue weighted by molar-refractivity contribution is -0.146. The summed E-state index contributed by atoms with van der Waals surface area (Å²) in [5.74, 6) is -1.08. The predicted octanol–water partition coefficient (Wildman–Crippen LogP) is 3.12. The number of aryl methyl sites for hydroxylation is 1. The van der Waals surface area contributed by atoms with Crippen LogP contribution < -0.4 is 5.48 Å². The largest absolute Gasteiger partial charge is 0.504 e. The zero-order valence-electron chi connectivity index (χ0n) is 21.5. The minimum atomic E-state index is -0.805. The number of amides is 1. The zero-order chi connectivity index (χ0) is 26.6. The third kappa shape index (κ3) is 5.89. The fourth-order valence-corrected chi connectivity index (χ4v) is 5.15. The Kier molecular flexibility index (Phi) is 8.04. The van der Waals surface area contributed by atoms with Crippen molar-refractivity contribution in [2.75, 3.05) is 13.1 Å². The van der Waals surface area contributed by atoms with Crippen LogP contribution >= 0.6 is 0 Å². The van der Waals surface area contributed by atoms with Gasteiger partial charge in [0.25, 0.3) is 0 Å². The fraction of sp³-hybridized carbons (Fsp3) is 0.429. The molecule has 3 N–H and O–H groups in total. The van der Waals surface area contributed by atoms with E-state index in [0.717, 1.165) is 39.3 Å². The molecular weight excluding hydrogens is 472 g/mol. The number of carbonyl (C=O) groups excluding carboxylic acids is 2. The van der Waals surface area contributed by atoms with Gasteiger partial charge in [0.2, 0.25) is 0 Å². The monoisotopic (exact) mass is 506 g/mol. The molecule has 1 aliphatic heterocycles. The molecule has 196 valence electrons. The van der Waals surface area contributed by atoms with Crippen molar-refractivity contribution in [1.29, 1.82) is 0 Å². The van der Waals surface area contributed by atoms with Crippen LogP contribution in [0.25, 0.3) is 5.57 Å². The highest BCUT2D eigenvalue weighted by molar-refractivity contribution is 5.95. The van der Waals surface area contributed by atoms with E-state index in [9.17, 15) is 19.8 Å². The number of aromatic hydroxyl groups is 1. The van der Waals surface area contributed by atoms with Crippen LogP contribution in [0.15, 0.2) is 48.6 Å². The van der Waals surface area contributed by atoms with Crippen molar-refractivity contribution in [3.63, 3.8) is 0 Å². The molecule has 1 amide bonds. The van der Waals surface area contributed by atoms with E-state index in [2.05, 4.69) is 50.1 Å². The number of hydrogen-bond donors (Lipinski definition) is 3. The van der Waals surface area contributed by atoms with Crippen molar-refractivity contribution >= 4 is 17.4 Å². The number of nitrogens with one attached hydrogen (secondary N) is 1. The first kappa shape index (κ1) is 26.5. The van der Waals surface area contributed by atoms with E-state index in [1.807, 2.05) is 30.6 Å². The van der Waals surface area contributed by atoms with Gasteiger partial charge in [-0.15, -0.1) is 0 Å². The highest BCUT2D eigenvalue weighted by Crippen LogP contribution is 2.37. The zero-order valence-corrected chi connectivity index (χ0v) is 21.5. The Morgan fingerprint density at radius 3 is 2.51 bits per heavy atom. The third-order valence-electron chi connectivity index (χ3n) is 7.31. The molecular formula is C28H34N4O5. The average molecular weight is 507 g/mol. The van der Waals surface area contributed by atoms with E-state index in [1.165, 1.54) is 11.1 Å². The first-order chi connectivity index (χ1) is 17.7. The van der Waals surface area contributed by atoms with Gasteiger partial charge in [-0.3, -0.25) is 14.5 Å². The third-order valence-corrected chi connectivity index (χ3v) is 7.31. The first-order valence-corrected chi connectivity index (χ1v) is 12.6. The van der Waals surface area contributed by atoms with Gasteiger partial charge in [-0.25, -0.2) is 9.97 Å². The van der Waals surface area contributed by atoms with Crippen molar-refractivity contribution in [3.05, 3.63) is 71.3 Å². The molecule has 2 unspecified atom stereocenters. The minimum absolute atomic E-state index is 0.220. The molecule has 0 saturated carbocycles. The second kappa shape index (κ2) is 11.2. The van der Waals surface area contributed by atoms with Gasteiger partial charge in [0.05, 0.1) is 17.3 Å². The van der Waals surface area contributed by atoms with Crippen molar-refractivity contribution < 1.29 is 24.6 Å². The molecule has 2 heterocycles. The maximum absolute atomic E-state index is 12.3. The molecule has 1 fully saturated rings. The minimum Gasteiger partial charge on any atom is -0.504 e. The molecule has 37 heavy (non-hydrogen) atoms. The van der Waals surface area contributed by atoms with E-state index in [4.69, 9.17) is 0 Å². The summed E-state index contributed by atoms with van der Waals surface area (Å²) in [6.07, 6.45) is 9.01. The SMILES string of the molecule is CC(=O)ONC(=O)c1nc(CC2CCN(C3(C(C)O)C=CC(c4ccccc4)=CC3)CC2)nc(C)c1O. The van der Waals surface area contributed by atoms with Crippen LogP contribution in [-0.2, 0) is 16.1 Å². The summed E-state index contributed by atoms with van der Waals surface area (Å²) in [6, 6.07) is 10.2. The number of aromatic nitrogens is 2. The van der Waals surface area contributed by atoms with Crippen LogP contribution in [0.2, 0.25) is 0 Å². The quantitative estimate of drug-likeness (QED) is 0.511. The fourth-order valence-electron chi connectivity index (χ4n) is 5.15. The summed E-state index contributed by atoms with van der Waals surface area (Å²) in [5, 5.41) is 21.1. The number of rotatable bonds is 6. The van der Waals surface area contributed by atoms with Crippen molar-refractivity contribution in [2.45, 2.75) is 58.1 Å². The summed E-state index contributed by atoms with van der Waals surface area (Å²) in [5.41, 5.74) is 3.94. The predicted molar refractivity (Wildman–Crippen MR) is 138 cm³/mol. The Bertz CT molecular complexity index is 1200. The molecule has 2 aliphatic rings. The lowest BCUT2D eigenvalue weighted by Crippen LogP contribution is -2.57. The molecule has 9 heteroatoms. The number of piperidine rings is 1. The van der Waals surface area contributed by atoms with Crippen molar-refractivity contribution in [1.82, 2.24) is 20.3 Å².